The molecular weight excluding hydrogens is 332 g/mol. The summed E-state index contributed by atoms with van der Waals surface area (Å²) in [5.41, 5.74) is 8.96. The van der Waals surface area contributed by atoms with Crippen LogP contribution in [0.1, 0.15) is 71.8 Å². The topological polar surface area (TPSA) is 26.3 Å². The molecule has 0 aliphatic heterocycles. The number of benzene rings is 2. The van der Waals surface area contributed by atoms with Crippen LogP contribution in [0.2, 0.25) is 0 Å². The number of fused-ring (bicyclic) bond motifs is 1. The Morgan fingerprint density at radius 1 is 1.00 bits per heavy atom. The van der Waals surface area contributed by atoms with Gasteiger partial charge in [-0.25, -0.2) is 4.79 Å². The van der Waals surface area contributed by atoms with Crippen molar-refractivity contribution in [1.29, 1.82) is 0 Å². The highest BCUT2D eigenvalue weighted by atomic mass is 16.5. The quantitative estimate of drug-likeness (QED) is 0.484. The molecule has 2 aromatic carbocycles. The lowest BCUT2D eigenvalue weighted by Crippen LogP contribution is -2.10. The molecule has 1 aliphatic carbocycles. The van der Waals surface area contributed by atoms with Crippen LogP contribution in [0.3, 0.4) is 0 Å². The number of methoxy groups -OCH3 is 1. The summed E-state index contributed by atoms with van der Waals surface area (Å²) in [5, 5.41) is 0. The van der Waals surface area contributed by atoms with Crippen molar-refractivity contribution >= 4 is 11.5 Å². The van der Waals surface area contributed by atoms with Crippen LogP contribution < -0.4 is 0 Å². The van der Waals surface area contributed by atoms with Gasteiger partial charge in [0.25, 0.3) is 0 Å². The van der Waals surface area contributed by atoms with Crippen LogP contribution in [0, 0.1) is 12.3 Å². The first-order valence-electron chi connectivity index (χ1n) is 9.82. The number of carbonyl (C=O) groups is 1. The number of hydrogen-bond acceptors (Lipinski definition) is 2. The summed E-state index contributed by atoms with van der Waals surface area (Å²) in [6, 6.07) is 12.5. The summed E-state index contributed by atoms with van der Waals surface area (Å²) in [6.45, 7) is 9.05. The number of allylic oxidation sites excluding steroid dienone is 1. The number of aryl methyl sites for hydroxylation is 3. The second-order valence-corrected chi connectivity index (χ2v) is 8.37. The Hall–Kier alpha value is -2.35. The van der Waals surface area contributed by atoms with Gasteiger partial charge >= 0.3 is 5.97 Å². The van der Waals surface area contributed by atoms with Gasteiger partial charge in [-0.2, -0.15) is 0 Å². The molecule has 0 aromatic heterocycles. The highest BCUT2D eigenvalue weighted by Gasteiger charge is 2.23. The monoisotopic (exact) mass is 362 g/mol. The van der Waals surface area contributed by atoms with Crippen molar-refractivity contribution < 1.29 is 9.53 Å². The second-order valence-electron chi connectivity index (χ2n) is 8.37. The van der Waals surface area contributed by atoms with Crippen LogP contribution in [0.5, 0.6) is 0 Å². The molecule has 0 unspecified atom stereocenters. The van der Waals surface area contributed by atoms with E-state index in [0.717, 1.165) is 12.0 Å². The van der Waals surface area contributed by atoms with Crippen molar-refractivity contribution in [2.45, 2.75) is 53.4 Å². The largest absolute Gasteiger partial charge is 0.465 e. The van der Waals surface area contributed by atoms with Crippen molar-refractivity contribution in [3.05, 3.63) is 75.9 Å². The highest BCUT2D eigenvalue weighted by molar-refractivity contribution is 5.90. The number of hydrogen-bond donors (Lipinski definition) is 0. The Morgan fingerprint density at radius 2 is 1.56 bits per heavy atom. The van der Waals surface area contributed by atoms with Crippen LogP contribution in [0.4, 0.5) is 0 Å². The minimum atomic E-state index is -0.299. The summed E-state index contributed by atoms with van der Waals surface area (Å²) >= 11 is 0. The average molecular weight is 363 g/mol. The molecule has 2 aromatic rings. The zero-order valence-electron chi connectivity index (χ0n) is 17.2. The maximum Gasteiger partial charge on any atom is 0.337 e. The van der Waals surface area contributed by atoms with Gasteiger partial charge < -0.3 is 4.74 Å². The van der Waals surface area contributed by atoms with E-state index in [4.69, 9.17) is 4.74 Å². The molecule has 27 heavy (non-hydrogen) atoms. The van der Waals surface area contributed by atoms with E-state index in [-0.39, 0.29) is 5.97 Å². The zero-order chi connectivity index (χ0) is 19.6. The lowest BCUT2D eigenvalue weighted by Gasteiger charge is -2.21. The fourth-order valence-electron chi connectivity index (χ4n) is 4.02. The van der Waals surface area contributed by atoms with Crippen molar-refractivity contribution in [1.82, 2.24) is 0 Å². The standard InChI is InChI=1S/C25H30O2/c1-6-22(18-7-9-19(10-8-18)24(26)27-5)23-16-21-12-14-25(3,4)13-11-20(21)15-17(23)2/h6-10,15-16H,11-14H2,1-5H3. The van der Waals surface area contributed by atoms with E-state index in [9.17, 15) is 4.79 Å². The third-order valence-electron chi connectivity index (χ3n) is 5.88. The lowest BCUT2D eigenvalue weighted by molar-refractivity contribution is 0.0600. The number of esters is 1. The van der Waals surface area contributed by atoms with Crippen LogP contribution >= 0.6 is 0 Å². The Balaban J connectivity index is 1.97. The normalized spacial score (nSPS) is 16.4. The van der Waals surface area contributed by atoms with Crippen molar-refractivity contribution in [2.75, 3.05) is 7.11 Å². The van der Waals surface area contributed by atoms with Gasteiger partial charge in [0.2, 0.25) is 0 Å². The van der Waals surface area contributed by atoms with Gasteiger partial charge in [-0.3, -0.25) is 0 Å². The van der Waals surface area contributed by atoms with Crippen LogP contribution in [-0.4, -0.2) is 13.1 Å². The highest BCUT2D eigenvalue weighted by Crippen LogP contribution is 2.36. The van der Waals surface area contributed by atoms with E-state index in [1.807, 2.05) is 24.3 Å². The molecule has 0 saturated carbocycles. The zero-order valence-corrected chi connectivity index (χ0v) is 17.2. The molecule has 0 radical (unpaired) electrons. The molecule has 0 heterocycles. The predicted molar refractivity (Wildman–Crippen MR) is 112 cm³/mol. The summed E-state index contributed by atoms with van der Waals surface area (Å²) in [7, 11) is 1.41. The number of rotatable bonds is 3. The lowest BCUT2D eigenvalue weighted by atomic mass is 9.85. The second kappa shape index (κ2) is 7.72. The molecule has 2 nitrogen and oxygen atoms in total. The Kier molecular flexibility index (Phi) is 5.55. The van der Waals surface area contributed by atoms with E-state index < -0.39 is 0 Å². The molecular formula is C25H30O2. The minimum Gasteiger partial charge on any atom is -0.465 e. The van der Waals surface area contributed by atoms with Gasteiger partial charge in [0.15, 0.2) is 0 Å². The van der Waals surface area contributed by atoms with E-state index in [1.165, 1.54) is 54.2 Å². The van der Waals surface area contributed by atoms with Crippen molar-refractivity contribution in [3.8, 4) is 0 Å². The predicted octanol–water partition coefficient (Wildman–Crippen LogP) is 6.14. The summed E-state index contributed by atoms with van der Waals surface area (Å²) in [4.78, 5) is 11.7. The molecule has 0 N–H and O–H groups in total. The molecule has 0 spiro atoms. The molecule has 2 heteroatoms. The summed E-state index contributed by atoms with van der Waals surface area (Å²) < 4.78 is 4.80. The first-order chi connectivity index (χ1) is 12.8. The first kappa shape index (κ1) is 19.4. The fourth-order valence-corrected chi connectivity index (χ4v) is 4.02. The molecule has 0 fully saturated rings. The molecule has 0 saturated heterocycles. The first-order valence-corrected chi connectivity index (χ1v) is 9.82. The van der Waals surface area contributed by atoms with Crippen molar-refractivity contribution in [3.63, 3.8) is 0 Å². The van der Waals surface area contributed by atoms with E-state index in [1.54, 1.807) is 0 Å². The average Bonchev–Trinajstić information content (AvgIpc) is 2.81. The maximum absolute atomic E-state index is 11.7. The van der Waals surface area contributed by atoms with Crippen LogP contribution in [0.15, 0.2) is 42.5 Å². The summed E-state index contributed by atoms with van der Waals surface area (Å²) in [6.07, 6.45) is 6.98. The Morgan fingerprint density at radius 3 is 2.11 bits per heavy atom. The summed E-state index contributed by atoms with van der Waals surface area (Å²) in [5.74, 6) is -0.299. The fraction of sp³-hybridized carbons (Fsp3) is 0.400. The van der Waals surface area contributed by atoms with Crippen LogP contribution in [-0.2, 0) is 17.6 Å². The minimum absolute atomic E-state index is 0.299. The third-order valence-corrected chi connectivity index (χ3v) is 5.88. The van der Waals surface area contributed by atoms with Gasteiger partial charge in [0.05, 0.1) is 12.7 Å². The molecule has 3 rings (SSSR count). The molecule has 0 bridgehead atoms. The third kappa shape index (κ3) is 4.16. The van der Waals surface area contributed by atoms with Gasteiger partial charge in [-0.1, -0.05) is 44.2 Å². The smallest absolute Gasteiger partial charge is 0.337 e. The number of ether oxygens (including phenoxy) is 1. The Labute approximate surface area is 163 Å². The van der Waals surface area contributed by atoms with E-state index in [0.29, 0.717) is 11.0 Å². The van der Waals surface area contributed by atoms with Gasteiger partial charge in [0.1, 0.15) is 0 Å². The molecule has 1 aliphatic rings. The van der Waals surface area contributed by atoms with E-state index >= 15 is 0 Å². The molecule has 0 amide bonds. The SMILES string of the molecule is CC=C(c1ccc(C(=O)OC)cc1)c1cc2c(cc1C)CCC(C)(C)CC2. The van der Waals surface area contributed by atoms with Gasteiger partial charge in [-0.15, -0.1) is 0 Å². The van der Waals surface area contributed by atoms with Crippen molar-refractivity contribution in [2.24, 2.45) is 5.41 Å². The van der Waals surface area contributed by atoms with Crippen LogP contribution in [0.25, 0.3) is 5.57 Å². The Bertz CT molecular complexity index is 870. The van der Waals surface area contributed by atoms with E-state index in [2.05, 4.69) is 45.9 Å². The van der Waals surface area contributed by atoms with Gasteiger partial charge in [0, 0.05) is 0 Å². The maximum atomic E-state index is 11.7. The number of carbonyl (C=O) groups excluding carboxylic acids is 1. The van der Waals surface area contributed by atoms with Gasteiger partial charge in [-0.05, 0) is 90.5 Å². The molecule has 0 atom stereocenters. The molecule has 142 valence electrons.